The average molecular weight is 232 g/mol. The Balaban J connectivity index is 3.36. The predicted octanol–water partition coefficient (Wildman–Crippen LogP) is 2.50. The number of rotatable bonds is 11. The summed E-state index contributed by atoms with van der Waals surface area (Å²) in [4.78, 5) is 0. The minimum atomic E-state index is -0.724. The van der Waals surface area contributed by atoms with Gasteiger partial charge in [0, 0.05) is 6.61 Å². The molecular formula is C13H28O3. The molecule has 0 amide bonds. The van der Waals surface area contributed by atoms with E-state index in [0.29, 0.717) is 13.0 Å². The Morgan fingerprint density at radius 1 is 0.875 bits per heavy atom. The second-order valence-electron chi connectivity index (χ2n) is 4.41. The van der Waals surface area contributed by atoms with Crippen molar-refractivity contribution < 1.29 is 14.9 Å². The van der Waals surface area contributed by atoms with Crippen LogP contribution in [0.3, 0.4) is 0 Å². The van der Waals surface area contributed by atoms with Crippen LogP contribution in [-0.4, -0.2) is 35.6 Å². The normalized spacial score (nSPS) is 15.0. The summed E-state index contributed by atoms with van der Waals surface area (Å²) < 4.78 is 5.31. The lowest BCUT2D eigenvalue weighted by Gasteiger charge is -2.17. The van der Waals surface area contributed by atoms with Crippen LogP contribution < -0.4 is 0 Å². The van der Waals surface area contributed by atoms with E-state index in [1.165, 1.54) is 6.42 Å². The lowest BCUT2D eigenvalue weighted by molar-refractivity contribution is -0.0417. The molecule has 0 spiro atoms. The molecule has 0 saturated carbocycles. The van der Waals surface area contributed by atoms with Gasteiger partial charge in [-0.15, -0.1) is 0 Å². The van der Waals surface area contributed by atoms with Crippen LogP contribution in [0.15, 0.2) is 0 Å². The molecule has 2 atom stereocenters. The summed E-state index contributed by atoms with van der Waals surface area (Å²) in [6.45, 7) is 5.22. The molecule has 0 bridgehead atoms. The molecule has 0 aromatic carbocycles. The highest BCUT2D eigenvalue weighted by atomic mass is 16.5. The highest BCUT2D eigenvalue weighted by Crippen LogP contribution is 2.07. The molecular weight excluding hydrogens is 204 g/mol. The summed E-state index contributed by atoms with van der Waals surface area (Å²) in [5, 5.41) is 19.2. The van der Waals surface area contributed by atoms with E-state index >= 15 is 0 Å². The van der Waals surface area contributed by atoms with E-state index in [4.69, 9.17) is 4.74 Å². The van der Waals surface area contributed by atoms with Crippen molar-refractivity contribution in [3.63, 3.8) is 0 Å². The maximum Gasteiger partial charge on any atom is 0.103 e. The molecule has 2 N–H and O–H groups in total. The van der Waals surface area contributed by atoms with Gasteiger partial charge in [-0.1, -0.05) is 46.0 Å². The minimum absolute atomic E-state index is 0.261. The van der Waals surface area contributed by atoms with Crippen LogP contribution in [0.25, 0.3) is 0 Å². The van der Waals surface area contributed by atoms with Gasteiger partial charge < -0.3 is 14.9 Å². The topological polar surface area (TPSA) is 49.7 Å². The third-order valence-electron chi connectivity index (χ3n) is 2.73. The van der Waals surface area contributed by atoms with Crippen molar-refractivity contribution in [3.8, 4) is 0 Å². The fourth-order valence-corrected chi connectivity index (χ4v) is 1.57. The zero-order chi connectivity index (χ0) is 12.2. The predicted molar refractivity (Wildman–Crippen MR) is 66.5 cm³/mol. The van der Waals surface area contributed by atoms with Crippen molar-refractivity contribution in [1.29, 1.82) is 0 Å². The maximum absolute atomic E-state index is 9.62. The van der Waals surface area contributed by atoms with Gasteiger partial charge in [0.25, 0.3) is 0 Å². The number of ether oxygens (including phenoxy) is 1. The third kappa shape index (κ3) is 9.13. The molecule has 0 fully saturated rings. The van der Waals surface area contributed by atoms with Crippen molar-refractivity contribution in [2.45, 2.75) is 71.0 Å². The SMILES string of the molecule is CCCCCOCC(O)C(O)CCCCC. The summed E-state index contributed by atoms with van der Waals surface area (Å²) in [5.41, 5.74) is 0. The number of aliphatic hydroxyl groups excluding tert-OH is 2. The fraction of sp³-hybridized carbons (Fsp3) is 1.00. The standard InChI is InChI=1S/C13H28O3/c1-3-5-7-9-12(14)13(15)11-16-10-8-6-4-2/h12-15H,3-11H2,1-2H3. The molecule has 0 radical (unpaired) electrons. The Kier molecular flexibility index (Phi) is 11.3. The van der Waals surface area contributed by atoms with Gasteiger partial charge in [-0.2, -0.15) is 0 Å². The van der Waals surface area contributed by atoms with Gasteiger partial charge in [0.15, 0.2) is 0 Å². The summed E-state index contributed by atoms with van der Waals surface area (Å²) in [7, 11) is 0. The van der Waals surface area contributed by atoms with Crippen molar-refractivity contribution in [2.75, 3.05) is 13.2 Å². The van der Waals surface area contributed by atoms with Crippen LogP contribution >= 0.6 is 0 Å². The van der Waals surface area contributed by atoms with Crippen molar-refractivity contribution in [3.05, 3.63) is 0 Å². The maximum atomic E-state index is 9.62. The summed E-state index contributed by atoms with van der Waals surface area (Å²) >= 11 is 0. The van der Waals surface area contributed by atoms with E-state index in [1.807, 2.05) is 0 Å². The van der Waals surface area contributed by atoms with E-state index in [-0.39, 0.29) is 6.61 Å². The Morgan fingerprint density at radius 2 is 1.50 bits per heavy atom. The molecule has 0 aliphatic carbocycles. The Hall–Kier alpha value is -0.120. The highest BCUT2D eigenvalue weighted by molar-refractivity contribution is 4.66. The molecule has 2 unspecified atom stereocenters. The first kappa shape index (κ1) is 15.9. The third-order valence-corrected chi connectivity index (χ3v) is 2.73. The molecule has 0 aromatic heterocycles. The number of aliphatic hydroxyl groups is 2. The molecule has 0 heterocycles. The van der Waals surface area contributed by atoms with Gasteiger partial charge in [0.1, 0.15) is 6.10 Å². The molecule has 3 heteroatoms. The highest BCUT2D eigenvalue weighted by Gasteiger charge is 2.15. The van der Waals surface area contributed by atoms with E-state index in [1.54, 1.807) is 0 Å². The van der Waals surface area contributed by atoms with Gasteiger partial charge >= 0.3 is 0 Å². The molecule has 0 saturated heterocycles. The average Bonchev–Trinajstić information content (AvgIpc) is 2.28. The second kappa shape index (κ2) is 11.4. The first-order valence-electron chi connectivity index (χ1n) is 6.66. The summed E-state index contributed by atoms with van der Waals surface area (Å²) in [6.07, 6.45) is 5.92. The second-order valence-corrected chi connectivity index (χ2v) is 4.41. The smallest absolute Gasteiger partial charge is 0.103 e. The van der Waals surface area contributed by atoms with Crippen LogP contribution in [0.1, 0.15) is 58.8 Å². The van der Waals surface area contributed by atoms with Crippen molar-refractivity contribution in [2.24, 2.45) is 0 Å². The lowest BCUT2D eigenvalue weighted by Crippen LogP contribution is -2.30. The molecule has 0 aliphatic rings. The van der Waals surface area contributed by atoms with E-state index in [9.17, 15) is 10.2 Å². The van der Waals surface area contributed by atoms with E-state index in [2.05, 4.69) is 13.8 Å². The Morgan fingerprint density at radius 3 is 2.12 bits per heavy atom. The van der Waals surface area contributed by atoms with Gasteiger partial charge in [-0.25, -0.2) is 0 Å². The largest absolute Gasteiger partial charge is 0.390 e. The van der Waals surface area contributed by atoms with E-state index in [0.717, 1.165) is 32.1 Å². The zero-order valence-electron chi connectivity index (χ0n) is 10.8. The first-order valence-corrected chi connectivity index (χ1v) is 6.66. The van der Waals surface area contributed by atoms with Crippen LogP contribution in [0.2, 0.25) is 0 Å². The van der Waals surface area contributed by atoms with Gasteiger partial charge in [-0.05, 0) is 12.8 Å². The lowest BCUT2D eigenvalue weighted by atomic mass is 10.1. The quantitative estimate of drug-likeness (QED) is 0.538. The summed E-state index contributed by atoms with van der Waals surface area (Å²) in [5.74, 6) is 0. The van der Waals surface area contributed by atoms with Gasteiger partial charge in [0.05, 0.1) is 12.7 Å². The molecule has 3 nitrogen and oxygen atoms in total. The molecule has 0 aliphatic heterocycles. The molecule has 0 aromatic rings. The van der Waals surface area contributed by atoms with Crippen molar-refractivity contribution in [1.82, 2.24) is 0 Å². The van der Waals surface area contributed by atoms with E-state index < -0.39 is 12.2 Å². The van der Waals surface area contributed by atoms with Crippen molar-refractivity contribution >= 4 is 0 Å². The summed E-state index contributed by atoms with van der Waals surface area (Å²) in [6, 6.07) is 0. The van der Waals surface area contributed by atoms with Crippen LogP contribution in [-0.2, 0) is 4.74 Å². The van der Waals surface area contributed by atoms with Crippen LogP contribution in [0.4, 0.5) is 0 Å². The number of unbranched alkanes of at least 4 members (excludes halogenated alkanes) is 4. The molecule has 16 heavy (non-hydrogen) atoms. The number of hydrogen-bond acceptors (Lipinski definition) is 3. The van der Waals surface area contributed by atoms with Gasteiger partial charge in [-0.3, -0.25) is 0 Å². The van der Waals surface area contributed by atoms with Crippen LogP contribution in [0, 0.1) is 0 Å². The Labute approximate surface area is 99.8 Å². The molecule has 0 rings (SSSR count). The number of hydrogen-bond donors (Lipinski definition) is 2. The zero-order valence-corrected chi connectivity index (χ0v) is 10.8. The molecule has 98 valence electrons. The fourth-order valence-electron chi connectivity index (χ4n) is 1.57. The van der Waals surface area contributed by atoms with Gasteiger partial charge in [0.2, 0.25) is 0 Å². The monoisotopic (exact) mass is 232 g/mol. The van der Waals surface area contributed by atoms with Crippen LogP contribution in [0.5, 0.6) is 0 Å². The minimum Gasteiger partial charge on any atom is -0.390 e. The Bertz CT molecular complexity index is 139. The first-order chi connectivity index (χ1) is 7.72.